The van der Waals surface area contributed by atoms with Gasteiger partial charge >= 0.3 is 0 Å². The van der Waals surface area contributed by atoms with Crippen LogP contribution in [0.15, 0.2) is 47.4 Å². The fourth-order valence-corrected chi connectivity index (χ4v) is 5.03. The molecule has 2 aromatic carbocycles. The van der Waals surface area contributed by atoms with E-state index < -0.39 is 10.0 Å². The number of rotatable bonds is 9. The molecule has 0 spiro atoms. The number of hydrogen-bond donors (Lipinski definition) is 2. The van der Waals surface area contributed by atoms with Crippen molar-refractivity contribution in [3.8, 4) is 0 Å². The highest BCUT2D eigenvalue weighted by molar-refractivity contribution is 7.89. The molecule has 3 rings (SSSR count). The molecule has 2 aromatic rings. The molecule has 0 saturated carbocycles. The molecule has 0 aliphatic carbocycles. The number of aryl methyl sites for hydroxylation is 1. The van der Waals surface area contributed by atoms with Gasteiger partial charge in [-0.1, -0.05) is 43.7 Å². The van der Waals surface area contributed by atoms with Gasteiger partial charge in [0.1, 0.15) is 4.90 Å². The largest absolute Gasteiger partial charge is 0.380 e. The van der Waals surface area contributed by atoms with E-state index in [-0.39, 0.29) is 10.8 Å². The number of hydrogen-bond acceptors (Lipinski definition) is 5. The Kier molecular flexibility index (Phi) is 8.28. The Bertz CT molecular complexity index is 1010. The normalized spacial score (nSPS) is 15.0. The number of nitrogens with zero attached hydrogens (tertiary/aromatic N) is 1. The third-order valence-corrected chi connectivity index (χ3v) is 7.38. The predicted octanol–water partition coefficient (Wildman–Crippen LogP) is 3.40. The lowest BCUT2D eigenvalue weighted by Gasteiger charge is -2.27. The first kappa shape index (κ1) is 24.2. The van der Waals surface area contributed by atoms with Crippen LogP contribution >= 0.6 is 0 Å². The number of morpholine rings is 1. The van der Waals surface area contributed by atoms with Gasteiger partial charge in [0.2, 0.25) is 10.0 Å². The van der Waals surface area contributed by atoms with E-state index in [0.29, 0.717) is 56.6 Å². The Morgan fingerprint density at radius 2 is 1.78 bits per heavy atom. The first-order chi connectivity index (χ1) is 15.3. The summed E-state index contributed by atoms with van der Waals surface area (Å²) >= 11 is 0. The van der Waals surface area contributed by atoms with Gasteiger partial charge in [-0.2, -0.15) is 4.31 Å². The lowest BCUT2D eigenvalue weighted by Crippen LogP contribution is -2.41. The van der Waals surface area contributed by atoms with Crippen molar-refractivity contribution in [1.82, 2.24) is 9.62 Å². The zero-order chi connectivity index (χ0) is 23.1. The Morgan fingerprint density at radius 3 is 2.44 bits per heavy atom. The number of carbonyl (C=O) groups excluding carboxylic acids is 1. The van der Waals surface area contributed by atoms with Crippen LogP contribution in [0.3, 0.4) is 0 Å². The maximum absolute atomic E-state index is 13.4. The molecule has 1 heterocycles. The third kappa shape index (κ3) is 6.31. The number of benzene rings is 2. The van der Waals surface area contributed by atoms with Gasteiger partial charge in [-0.3, -0.25) is 4.79 Å². The van der Waals surface area contributed by atoms with Crippen LogP contribution in [0.25, 0.3) is 0 Å². The minimum absolute atomic E-state index is 0.114. The van der Waals surface area contributed by atoms with Crippen LogP contribution in [0.2, 0.25) is 0 Å². The van der Waals surface area contributed by atoms with Crippen LogP contribution < -0.4 is 10.6 Å². The molecule has 7 nitrogen and oxygen atoms in total. The maximum Gasteiger partial charge on any atom is 0.251 e. The summed E-state index contributed by atoms with van der Waals surface area (Å²) in [6, 6.07) is 12.9. The quantitative estimate of drug-likeness (QED) is 0.600. The van der Waals surface area contributed by atoms with Crippen LogP contribution in [0, 0.1) is 12.8 Å². The SMILES string of the molecule is Cc1ccc(CNc2ccc(C(=O)NCCC(C)C)cc2S(=O)(=O)N2CCOCC2)cc1. The van der Waals surface area contributed by atoms with Crippen molar-refractivity contribution >= 4 is 21.6 Å². The summed E-state index contributed by atoms with van der Waals surface area (Å²) in [6.45, 7) is 8.55. The van der Waals surface area contributed by atoms with Gasteiger partial charge in [-0.15, -0.1) is 0 Å². The summed E-state index contributed by atoms with van der Waals surface area (Å²) in [6.07, 6.45) is 0.862. The van der Waals surface area contributed by atoms with Crippen LogP contribution in [0.1, 0.15) is 41.8 Å². The first-order valence-corrected chi connectivity index (χ1v) is 12.5. The maximum atomic E-state index is 13.4. The van der Waals surface area contributed by atoms with E-state index in [0.717, 1.165) is 17.5 Å². The molecule has 1 aliphatic rings. The molecule has 1 amide bonds. The Labute approximate surface area is 191 Å². The van der Waals surface area contributed by atoms with E-state index in [4.69, 9.17) is 4.74 Å². The monoisotopic (exact) mass is 459 g/mol. The third-order valence-electron chi connectivity index (χ3n) is 5.44. The molecule has 0 atom stereocenters. The Balaban J connectivity index is 1.87. The number of anilines is 1. The molecule has 2 N–H and O–H groups in total. The van der Waals surface area contributed by atoms with Crippen molar-refractivity contribution in [2.45, 2.75) is 38.6 Å². The molecule has 0 radical (unpaired) electrons. The summed E-state index contributed by atoms with van der Waals surface area (Å²) in [5.41, 5.74) is 3.02. The van der Waals surface area contributed by atoms with E-state index in [9.17, 15) is 13.2 Å². The smallest absolute Gasteiger partial charge is 0.251 e. The Hall–Kier alpha value is -2.42. The molecule has 0 bridgehead atoms. The number of sulfonamides is 1. The summed E-state index contributed by atoms with van der Waals surface area (Å²) in [7, 11) is -3.78. The second-order valence-corrected chi connectivity index (χ2v) is 10.4. The van der Waals surface area contributed by atoms with Gasteiger partial charge in [0.15, 0.2) is 0 Å². The molecule has 0 aromatic heterocycles. The minimum Gasteiger partial charge on any atom is -0.380 e. The van der Waals surface area contributed by atoms with E-state index in [1.54, 1.807) is 12.1 Å². The first-order valence-electron chi connectivity index (χ1n) is 11.1. The highest BCUT2D eigenvalue weighted by Gasteiger charge is 2.29. The zero-order valence-corrected chi connectivity index (χ0v) is 19.9. The highest BCUT2D eigenvalue weighted by atomic mass is 32.2. The zero-order valence-electron chi connectivity index (χ0n) is 19.1. The number of nitrogens with one attached hydrogen (secondary N) is 2. The lowest BCUT2D eigenvalue weighted by molar-refractivity contribution is 0.0730. The molecular weight excluding hydrogens is 426 g/mol. The molecule has 174 valence electrons. The van der Waals surface area contributed by atoms with Crippen molar-refractivity contribution in [2.24, 2.45) is 5.92 Å². The van der Waals surface area contributed by atoms with Gasteiger partial charge in [0.25, 0.3) is 5.91 Å². The average Bonchev–Trinajstić information content (AvgIpc) is 2.79. The molecule has 32 heavy (non-hydrogen) atoms. The molecule has 8 heteroatoms. The minimum atomic E-state index is -3.78. The highest BCUT2D eigenvalue weighted by Crippen LogP contribution is 2.27. The van der Waals surface area contributed by atoms with E-state index in [1.165, 1.54) is 10.4 Å². The fourth-order valence-electron chi connectivity index (χ4n) is 3.43. The lowest BCUT2D eigenvalue weighted by atomic mass is 10.1. The van der Waals surface area contributed by atoms with Crippen molar-refractivity contribution in [1.29, 1.82) is 0 Å². The fraction of sp³-hybridized carbons (Fsp3) is 0.458. The molecular formula is C24H33N3O4S. The number of ether oxygens (including phenoxy) is 1. The van der Waals surface area contributed by atoms with Gasteiger partial charge in [0.05, 0.1) is 18.9 Å². The van der Waals surface area contributed by atoms with Gasteiger partial charge in [-0.25, -0.2) is 8.42 Å². The number of amides is 1. The van der Waals surface area contributed by atoms with Crippen LogP contribution in [0.5, 0.6) is 0 Å². The van der Waals surface area contributed by atoms with Crippen molar-refractivity contribution < 1.29 is 17.9 Å². The van der Waals surface area contributed by atoms with E-state index >= 15 is 0 Å². The van der Waals surface area contributed by atoms with Crippen molar-refractivity contribution in [3.05, 3.63) is 59.2 Å². The summed E-state index contributed by atoms with van der Waals surface area (Å²) in [4.78, 5) is 12.8. The average molecular weight is 460 g/mol. The summed E-state index contributed by atoms with van der Waals surface area (Å²) < 4.78 is 33.6. The summed E-state index contributed by atoms with van der Waals surface area (Å²) in [5, 5.41) is 6.13. The Morgan fingerprint density at radius 1 is 1.09 bits per heavy atom. The van der Waals surface area contributed by atoms with Gasteiger partial charge in [0, 0.05) is 31.7 Å². The standard InChI is InChI=1S/C24H33N3O4S/c1-18(2)10-11-25-24(28)21-8-9-22(26-17-20-6-4-19(3)5-7-20)23(16-21)32(29,30)27-12-14-31-15-13-27/h4-9,16,18,26H,10-15,17H2,1-3H3,(H,25,28). The van der Waals surface area contributed by atoms with E-state index in [2.05, 4.69) is 24.5 Å². The second-order valence-electron chi connectivity index (χ2n) is 8.50. The molecule has 1 saturated heterocycles. The molecule has 1 fully saturated rings. The van der Waals surface area contributed by atoms with Crippen LogP contribution in [-0.2, 0) is 21.3 Å². The predicted molar refractivity (Wildman–Crippen MR) is 126 cm³/mol. The van der Waals surface area contributed by atoms with Crippen LogP contribution in [-0.4, -0.2) is 51.5 Å². The topological polar surface area (TPSA) is 87.7 Å². The number of carbonyl (C=O) groups is 1. The van der Waals surface area contributed by atoms with Crippen molar-refractivity contribution in [3.63, 3.8) is 0 Å². The van der Waals surface area contributed by atoms with Gasteiger partial charge < -0.3 is 15.4 Å². The van der Waals surface area contributed by atoms with Gasteiger partial charge in [-0.05, 0) is 43.0 Å². The molecule has 1 aliphatic heterocycles. The van der Waals surface area contributed by atoms with Crippen LogP contribution in [0.4, 0.5) is 5.69 Å². The summed E-state index contributed by atoms with van der Waals surface area (Å²) in [5.74, 6) is 0.204. The van der Waals surface area contributed by atoms with E-state index in [1.807, 2.05) is 31.2 Å². The van der Waals surface area contributed by atoms with Crippen molar-refractivity contribution in [2.75, 3.05) is 38.2 Å². The molecule has 0 unspecified atom stereocenters. The second kappa shape index (κ2) is 10.9.